The average molecular weight is 385 g/mol. The number of rotatable bonds is 5. The minimum absolute atomic E-state index is 0.107. The highest BCUT2D eigenvalue weighted by Gasteiger charge is 2.27. The first-order valence-electron chi connectivity index (χ1n) is 10.7. The van der Waals surface area contributed by atoms with E-state index in [4.69, 9.17) is 4.74 Å². The molecule has 2 heterocycles. The number of nitrogens with zero attached hydrogens (tertiary/aromatic N) is 3. The summed E-state index contributed by atoms with van der Waals surface area (Å²) < 4.78 is 6.03. The lowest BCUT2D eigenvalue weighted by Gasteiger charge is -2.34. The maximum absolute atomic E-state index is 12.8. The summed E-state index contributed by atoms with van der Waals surface area (Å²) in [6, 6.07) is 8.22. The van der Waals surface area contributed by atoms with Crippen molar-refractivity contribution in [1.82, 2.24) is 10.2 Å². The van der Waals surface area contributed by atoms with Crippen LogP contribution in [-0.2, 0) is 16.0 Å². The van der Waals surface area contributed by atoms with E-state index in [1.54, 1.807) is 7.05 Å². The summed E-state index contributed by atoms with van der Waals surface area (Å²) in [5.41, 5.74) is 2.32. The molecule has 1 aromatic carbocycles. The molecule has 1 aromatic rings. The van der Waals surface area contributed by atoms with E-state index in [1.807, 2.05) is 23.1 Å². The van der Waals surface area contributed by atoms with Crippen molar-refractivity contribution >= 4 is 17.6 Å². The van der Waals surface area contributed by atoms with Crippen molar-refractivity contribution < 1.29 is 9.53 Å². The Bertz CT molecular complexity index is 708. The zero-order valence-electron chi connectivity index (χ0n) is 16.9. The molecule has 6 heteroatoms. The summed E-state index contributed by atoms with van der Waals surface area (Å²) in [4.78, 5) is 21.4. The molecule has 3 aliphatic rings. The molecule has 1 aliphatic carbocycles. The number of hydrogen-bond acceptors (Lipinski definition) is 3. The van der Waals surface area contributed by atoms with E-state index in [9.17, 15) is 4.79 Å². The van der Waals surface area contributed by atoms with Gasteiger partial charge in [0, 0.05) is 39.0 Å². The fourth-order valence-electron chi connectivity index (χ4n) is 4.17. The van der Waals surface area contributed by atoms with Crippen LogP contribution in [0.3, 0.4) is 0 Å². The number of guanidine groups is 1. The number of carbonyl (C=O) groups excluding carboxylic acids is 1. The molecule has 0 unspecified atom stereocenters. The molecule has 1 amide bonds. The number of para-hydroxylation sites is 1. The summed E-state index contributed by atoms with van der Waals surface area (Å²) in [6.07, 6.45) is 7.18. The van der Waals surface area contributed by atoms with Gasteiger partial charge in [-0.15, -0.1) is 0 Å². The lowest BCUT2D eigenvalue weighted by Crippen LogP contribution is -2.50. The van der Waals surface area contributed by atoms with Gasteiger partial charge >= 0.3 is 0 Å². The number of benzene rings is 1. The molecule has 0 aromatic heterocycles. The van der Waals surface area contributed by atoms with Gasteiger partial charge in [-0.2, -0.15) is 0 Å². The largest absolute Gasteiger partial charge is 0.378 e. The lowest BCUT2D eigenvalue weighted by atomic mass is 10.0. The molecule has 1 N–H and O–H groups in total. The third-order valence-electron chi connectivity index (χ3n) is 6.03. The quantitative estimate of drug-likeness (QED) is 0.626. The molecule has 2 fully saturated rings. The molecule has 152 valence electrons. The second kappa shape index (κ2) is 8.95. The van der Waals surface area contributed by atoms with E-state index in [2.05, 4.69) is 21.3 Å². The molecule has 28 heavy (non-hydrogen) atoms. The summed E-state index contributed by atoms with van der Waals surface area (Å²) in [5, 5.41) is 3.29. The van der Waals surface area contributed by atoms with Crippen molar-refractivity contribution in [3.63, 3.8) is 0 Å². The number of aryl methyl sites for hydroxylation is 1. The van der Waals surface area contributed by atoms with Gasteiger partial charge in [0.1, 0.15) is 0 Å². The third kappa shape index (κ3) is 4.66. The lowest BCUT2D eigenvalue weighted by molar-refractivity contribution is -0.117. The van der Waals surface area contributed by atoms with Gasteiger partial charge in [0.25, 0.3) is 0 Å². The first-order chi connectivity index (χ1) is 13.7. The van der Waals surface area contributed by atoms with E-state index in [0.717, 1.165) is 69.5 Å². The van der Waals surface area contributed by atoms with Crippen LogP contribution in [0.25, 0.3) is 0 Å². The minimum Gasteiger partial charge on any atom is -0.378 e. The van der Waals surface area contributed by atoms with Crippen LogP contribution in [0.2, 0.25) is 0 Å². The maximum Gasteiger partial charge on any atom is 0.246 e. The van der Waals surface area contributed by atoms with Gasteiger partial charge in [-0.1, -0.05) is 18.2 Å². The zero-order valence-corrected chi connectivity index (χ0v) is 16.9. The van der Waals surface area contributed by atoms with Crippen molar-refractivity contribution in [1.29, 1.82) is 0 Å². The van der Waals surface area contributed by atoms with E-state index >= 15 is 0 Å². The second-order valence-corrected chi connectivity index (χ2v) is 8.14. The summed E-state index contributed by atoms with van der Waals surface area (Å²) in [6.45, 7) is 3.86. The Kier molecular flexibility index (Phi) is 6.15. The Hall–Kier alpha value is -2.08. The number of ether oxygens (including phenoxy) is 1. The highest BCUT2D eigenvalue weighted by Crippen LogP contribution is 2.30. The highest BCUT2D eigenvalue weighted by atomic mass is 16.5. The van der Waals surface area contributed by atoms with Gasteiger partial charge in [0.15, 0.2) is 5.96 Å². The number of hydrogen-bond donors (Lipinski definition) is 1. The van der Waals surface area contributed by atoms with Gasteiger partial charge in [-0.25, -0.2) is 0 Å². The van der Waals surface area contributed by atoms with Crippen molar-refractivity contribution in [3.05, 3.63) is 29.8 Å². The molecule has 0 bridgehead atoms. The summed E-state index contributed by atoms with van der Waals surface area (Å²) in [5.74, 6) is 1.74. The number of aliphatic imine (C=N–C) groups is 1. The van der Waals surface area contributed by atoms with Crippen molar-refractivity contribution in [3.8, 4) is 0 Å². The van der Waals surface area contributed by atoms with Crippen molar-refractivity contribution in [2.24, 2.45) is 10.9 Å². The van der Waals surface area contributed by atoms with E-state index in [-0.39, 0.29) is 12.5 Å². The van der Waals surface area contributed by atoms with Crippen LogP contribution in [0.4, 0.5) is 5.69 Å². The maximum atomic E-state index is 12.8. The Balaban J connectivity index is 1.26. The van der Waals surface area contributed by atoms with Gasteiger partial charge in [-0.3, -0.25) is 9.79 Å². The fourth-order valence-corrected chi connectivity index (χ4v) is 4.17. The molecule has 4 rings (SSSR count). The number of carbonyl (C=O) groups is 1. The average Bonchev–Trinajstić information content (AvgIpc) is 3.57. The Morgan fingerprint density at radius 3 is 2.71 bits per heavy atom. The second-order valence-electron chi connectivity index (χ2n) is 8.14. The Morgan fingerprint density at radius 2 is 1.96 bits per heavy atom. The minimum atomic E-state index is 0.107. The van der Waals surface area contributed by atoms with Crippen LogP contribution < -0.4 is 10.2 Å². The summed E-state index contributed by atoms with van der Waals surface area (Å²) >= 11 is 0. The number of anilines is 1. The Morgan fingerprint density at radius 1 is 1.18 bits per heavy atom. The SMILES string of the molecule is CN=C(NCC(=O)N1CCCc2ccccc21)N1CCC(OCC2CC2)CC1. The van der Waals surface area contributed by atoms with Crippen LogP contribution in [0.5, 0.6) is 0 Å². The molecule has 0 atom stereocenters. The highest BCUT2D eigenvalue weighted by molar-refractivity contribution is 5.98. The van der Waals surface area contributed by atoms with Gasteiger partial charge in [-0.05, 0) is 56.1 Å². The smallest absolute Gasteiger partial charge is 0.246 e. The fraction of sp³-hybridized carbons (Fsp3) is 0.636. The standard InChI is InChI=1S/C22H32N4O2/c1-23-22(25-13-10-19(11-14-25)28-16-17-8-9-17)24-15-21(27)26-12-4-6-18-5-2-3-7-20(18)26/h2-3,5,7,17,19H,4,6,8-16H2,1H3,(H,23,24). The topological polar surface area (TPSA) is 57.2 Å². The molecule has 0 radical (unpaired) electrons. The molecule has 1 saturated heterocycles. The summed E-state index contributed by atoms with van der Waals surface area (Å²) in [7, 11) is 1.79. The zero-order chi connectivity index (χ0) is 19.3. The molecule has 6 nitrogen and oxygen atoms in total. The van der Waals surface area contributed by atoms with Gasteiger partial charge in [0.2, 0.25) is 5.91 Å². The van der Waals surface area contributed by atoms with Crippen molar-refractivity contribution in [2.75, 3.05) is 44.7 Å². The predicted molar refractivity (Wildman–Crippen MR) is 112 cm³/mol. The van der Waals surface area contributed by atoms with E-state index < -0.39 is 0 Å². The predicted octanol–water partition coefficient (Wildman–Crippen LogP) is 2.43. The number of fused-ring (bicyclic) bond motifs is 1. The van der Waals surface area contributed by atoms with Crippen LogP contribution in [0.15, 0.2) is 29.3 Å². The van der Waals surface area contributed by atoms with Crippen LogP contribution in [0, 0.1) is 5.92 Å². The number of likely N-dealkylation sites (tertiary alicyclic amines) is 1. The molecular formula is C22H32N4O2. The normalized spacial score (nSPS) is 20.8. The number of nitrogens with one attached hydrogen (secondary N) is 1. The van der Waals surface area contributed by atoms with Gasteiger partial charge < -0.3 is 19.9 Å². The van der Waals surface area contributed by atoms with E-state index in [1.165, 1.54) is 18.4 Å². The van der Waals surface area contributed by atoms with Crippen LogP contribution >= 0.6 is 0 Å². The molecular weight excluding hydrogens is 352 g/mol. The van der Waals surface area contributed by atoms with Crippen LogP contribution in [-0.4, -0.2) is 62.7 Å². The first kappa shape index (κ1) is 19.2. The number of piperidine rings is 1. The molecule has 0 spiro atoms. The number of amides is 1. The first-order valence-corrected chi connectivity index (χ1v) is 10.7. The monoisotopic (exact) mass is 384 g/mol. The van der Waals surface area contributed by atoms with E-state index in [0.29, 0.717) is 6.10 Å². The third-order valence-corrected chi connectivity index (χ3v) is 6.03. The Labute approximate surface area is 167 Å². The molecule has 2 aliphatic heterocycles. The molecule has 1 saturated carbocycles. The van der Waals surface area contributed by atoms with Crippen molar-refractivity contribution in [2.45, 2.75) is 44.6 Å². The van der Waals surface area contributed by atoms with Gasteiger partial charge in [0.05, 0.1) is 12.6 Å². The van der Waals surface area contributed by atoms with Crippen LogP contribution in [0.1, 0.15) is 37.7 Å².